The van der Waals surface area contributed by atoms with Crippen molar-refractivity contribution < 1.29 is 22.7 Å². The third-order valence-electron chi connectivity index (χ3n) is 7.45. The SMILES string of the molecule is CCOC(=O)CC(c1ccc(C)c(CN2CC(C)Oc3ccccc3S2(=O)=O)c1)C1CC1c1cn(C)nn1. The molecular formula is C28H34N4O5S. The molecule has 10 heteroatoms. The molecule has 1 fully saturated rings. The molecule has 2 heterocycles. The Morgan fingerprint density at radius 2 is 2.03 bits per heavy atom. The molecule has 0 saturated heterocycles. The number of rotatable bonds is 8. The number of carbonyl (C=O) groups is 1. The third-order valence-corrected chi connectivity index (χ3v) is 9.30. The highest BCUT2D eigenvalue weighted by Gasteiger charge is 2.47. The quantitative estimate of drug-likeness (QED) is 0.400. The van der Waals surface area contributed by atoms with E-state index < -0.39 is 10.0 Å². The molecule has 9 nitrogen and oxygen atoms in total. The molecule has 202 valence electrons. The van der Waals surface area contributed by atoms with Crippen molar-refractivity contribution in [3.8, 4) is 5.75 Å². The topological polar surface area (TPSA) is 104 Å². The summed E-state index contributed by atoms with van der Waals surface area (Å²) in [5.41, 5.74) is 3.84. The lowest BCUT2D eigenvalue weighted by Crippen LogP contribution is -2.35. The van der Waals surface area contributed by atoms with E-state index in [1.807, 2.05) is 39.2 Å². The average Bonchev–Trinajstić information content (AvgIpc) is 3.56. The number of fused-ring (bicyclic) bond motifs is 1. The molecule has 0 bridgehead atoms. The van der Waals surface area contributed by atoms with Crippen LogP contribution in [-0.2, 0) is 33.1 Å². The maximum atomic E-state index is 13.6. The van der Waals surface area contributed by atoms with E-state index in [0.717, 1.165) is 28.8 Å². The standard InChI is InChI=1S/C28H34N4O5S/c1-5-36-28(33)14-22(23-13-24(23)25-17-31(4)30-29-25)20-11-10-18(2)21(12-20)16-32-15-19(3)37-26-8-6-7-9-27(26)38(32,34)35/h6-12,17,19,22-24H,5,13-16H2,1-4H3. The lowest BCUT2D eigenvalue weighted by atomic mass is 9.87. The Bertz CT molecular complexity index is 1440. The van der Waals surface area contributed by atoms with Crippen LogP contribution in [0.25, 0.3) is 0 Å². The molecule has 1 aliphatic carbocycles. The van der Waals surface area contributed by atoms with Gasteiger partial charge in [0.25, 0.3) is 0 Å². The molecule has 1 aromatic heterocycles. The van der Waals surface area contributed by atoms with Crippen molar-refractivity contribution in [3.05, 3.63) is 71.0 Å². The van der Waals surface area contributed by atoms with Crippen LogP contribution >= 0.6 is 0 Å². The van der Waals surface area contributed by atoms with Crippen molar-refractivity contribution in [1.82, 2.24) is 19.3 Å². The molecule has 5 rings (SSSR count). The highest BCUT2D eigenvalue weighted by Crippen LogP contribution is 2.55. The second-order valence-corrected chi connectivity index (χ2v) is 12.2. The number of esters is 1. The second kappa shape index (κ2) is 10.5. The summed E-state index contributed by atoms with van der Waals surface area (Å²) in [6.45, 7) is 6.46. The molecule has 4 atom stereocenters. The van der Waals surface area contributed by atoms with Crippen LogP contribution in [0, 0.1) is 12.8 Å². The monoisotopic (exact) mass is 538 g/mol. The number of hydrogen-bond acceptors (Lipinski definition) is 7. The van der Waals surface area contributed by atoms with E-state index in [9.17, 15) is 13.2 Å². The van der Waals surface area contributed by atoms with Gasteiger partial charge in [0.1, 0.15) is 16.7 Å². The number of hydrogen-bond donors (Lipinski definition) is 0. The van der Waals surface area contributed by atoms with Gasteiger partial charge in [-0.1, -0.05) is 35.5 Å². The summed E-state index contributed by atoms with van der Waals surface area (Å²) in [7, 11) is -1.91. The van der Waals surface area contributed by atoms with E-state index in [2.05, 4.69) is 16.4 Å². The fraction of sp³-hybridized carbons (Fsp3) is 0.464. The molecule has 2 aliphatic rings. The Labute approximate surface area is 223 Å². The number of aromatic nitrogens is 3. The summed E-state index contributed by atoms with van der Waals surface area (Å²) < 4.78 is 41.6. The van der Waals surface area contributed by atoms with Crippen LogP contribution in [0.4, 0.5) is 0 Å². The molecule has 0 radical (unpaired) electrons. The number of ether oxygens (including phenoxy) is 2. The van der Waals surface area contributed by atoms with Crippen molar-refractivity contribution in [2.45, 2.75) is 63.0 Å². The van der Waals surface area contributed by atoms with E-state index >= 15 is 0 Å². The maximum Gasteiger partial charge on any atom is 0.306 e. The lowest BCUT2D eigenvalue weighted by Gasteiger charge is -2.24. The third kappa shape index (κ3) is 5.33. The normalized spacial score (nSPS) is 23.1. The fourth-order valence-electron chi connectivity index (χ4n) is 5.42. The number of para-hydroxylation sites is 1. The minimum absolute atomic E-state index is 0.0656. The molecule has 0 spiro atoms. The molecule has 0 amide bonds. The Hall–Kier alpha value is -3.24. The van der Waals surface area contributed by atoms with Gasteiger partial charge in [0.2, 0.25) is 10.0 Å². The van der Waals surface area contributed by atoms with E-state index in [-0.39, 0.29) is 54.2 Å². The predicted octanol–water partition coefficient (Wildman–Crippen LogP) is 3.94. The first kappa shape index (κ1) is 26.4. The van der Waals surface area contributed by atoms with Gasteiger partial charge < -0.3 is 9.47 Å². The zero-order valence-electron chi connectivity index (χ0n) is 22.2. The highest BCUT2D eigenvalue weighted by atomic mass is 32.2. The van der Waals surface area contributed by atoms with Gasteiger partial charge in [-0.15, -0.1) is 5.10 Å². The number of aryl methyl sites for hydroxylation is 2. The summed E-state index contributed by atoms with van der Waals surface area (Å²) in [5.74, 6) is 0.541. The van der Waals surface area contributed by atoms with Crippen molar-refractivity contribution in [3.63, 3.8) is 0 Å². The van der Waals surface area contributed by atoms with Gasteiger partial charge in [-0.05, 0) is 67.9 Å². The Kier molecular flexibility index (Phi) is 7.28. The summed E-state index contributed by atoms with van der Waals surface area (Å²) in [6, 6.07) is 12.9. The second-order valence-electron chi connectivity index (χ2n) is 10.3. The first-order valence-corrected chi connectivity index (χ1v) is 14.5. The van der Waals surface area contributed by atoms with Gasteiger partial charge in [-0.2, -0.15) is 4.31 Å². The van der Waals surface area contributed by atoms with Crippen molar-refractivity contribution in [1.29, 1.82) is 0 Å². The molecular weight excluding hydrogens is 504 g/mol. The van der Waals surface area contributed by atoms with E-state index in [0.29, 0.717) is 12.4 Å². The van der Waals surface area contributed by atoms with Gasteiger partial charge in [-0.25, -0.2) is 8.42 Å². The number of nitrogens with zero attached hydrogens (tertiary/aromatic N) is 4. The summed E-state index contributed by atoms with van der Waals surface area (Å²) >= 11 is 0. The molecule has 1 aliphatic heterocycles. The minimum atomic E-state index is -3.76. The lowest BCUT2D eigenvalue weighted by molar-refractivity contribution is -0.143. The van der Waals surface area contributed by atoms with Crippen LogP contribution in [0.15, 0.2) is 53.6 Å². The van der Waals surface area contributed by atoms with E-state index in [1.165, 1.54) is 4.31 Å². The van der Waals surface area contributed by atoms with E-state index in [4.69, 9.17) is 9.47 Å². The zero-order chi connectivity index (χ0) is 27.0. The molecule has 38 heavy (non-hydrogen) atoms. The first-order valence-electron chi connectivity index (χ1n) is 13.0. The van der Waals surface area contributed by atoms with Crippen LogP contribution in [-0.4, -0.2) is 52.9 Å². The Balaban J connectivity index is 1.45. The minimum Gasteiger partial charge on any atom is -0.488 e. The van der Waals surface area contributed by atoms with Crippen LogP contribution in [0.5, 0.6) is 5.75 Å². The van der Waals surface area contributed by atoms with Gasteiger partial charge in [-0.3, -0.25) is 9.48 Å². The number of sulfonamides is 1. The first-order chi connectivity index (χ1) is 18.2. The predicted molar refractivity (Wildman–Crippen MR) is 141 cm³/mol. The number of benzene rings is 2. The van der Waals surface area contributed by atoms with Crippen LogP contribution in [0.2, 0.25) is 0 Å². The largest absolute Gasteiger partial charge is 0.488 e. The molecule has 2 aromatic carbocycles. The van der Waals surface area contributed by atoms with Crippen molar-refractivity contribution >= 4 is 16.0 Å². The molecule has 4 unspecified atom stereocenters. The summed E-state index contributed by atoms with van der Waals surface area (Å²) in [4.78, 5) is 12.8. The van der Waals surface area contributed by atoms with Crippen molar-refractivity contribution in [2.24, 2.45) is 13.0 Å². The Morgan fingerprint density at radius 1 is 1.24 bits per heavy atom. The van der Waals surface area contributed by atoms with Crippen molar-refractivity contribution in [2.75, 3.05) is 13.2 Å². The van der Waals surface area contributed by atoms with Gasteiger partial charge in [0.05, 0.1) is 25.3 Å². The zero-order valence-corrected chi connectivity index (χ0v) is 23.0. The fourth-order valence-corrected chi connectivity index (χ4v) is 7.04. The average molecular weight is 539 g/mol. The maximum absolute atomic E-state index is 13.6. The van der Waals surface area contributed by atoms with Crippen LogP contribution < -0.4 is 4.74 Å². The van der Waals surface area contributed by atoms with Crippen LogP contribution in [0.1, 0.15) is 60.9 Å². The highest BCUT2D eigenvalue weighted by molar-refractivity contribution is 7.89. The van der Waals surface area contributed by atoms with Gasteiger partial charge in [0, 0.05) is 25.7 Å². The number of carbonyl (C=O) groups excluding carboxylic acids is 1. The smallest absolute Gasteiger partial charge is 0.306 e. The van der Waals surface area contributed by atoms with E-state index in [1.54, 1.807) is 35.9 Å². The Morgan fingerprint density at radius 3 is 2.76 bits per heavy atom. The molecule has 1 saturated carbocycles. The molecule has 0 N–H and O–H groups in total. The van der Waals surface area contributed by atoms with Crippen LogP contribution in [0.3, 0.4) is 0 Å². The van der Waals surface area contributed by atoms with Gasteiger partial charge in [0.15, 0.2) is 0 Å². The molecule has 3 aromatic rings. The van der Waals surface area contributed by atoms with Gasteiger partial charge >= 0.3 is 5.97 Å². The summed E-state index contributed by atoms with van der Waals surface area (Å²) in [6.07, 6.45) is 2.81. The summed E-state index contributed by atoms with van der Waals surface area (Å²) in [5, 5.41) is 8.36.